The summed E-state index contributed by atoms with van der Waals surface area (Å²) in [4.78, 5) is 24.6. The molecule has 0 radical (unpaired) electrons. The number of aromatic nitrogens is 5. The summed E-state index contributed by atoms with van der Waals surface area (Å²) in [5.41, 5.74) is 30.9. The van der Waals surface area contributed by atoms with Gasteiger partial charge in [-0.1, -0.05) is 291 Å². The molecule has 468 valence electrons. The second-order valence-electron chi connectivity index (χ2n) is 25.1. The second-order valence-corrected chi connectivity index (χ2v) is 25.1. The average Bonchev–Trinajstić information content (AvgIpc) is 0.781. The van der Waals surface area contributed by atoms with Crippen LogP contribution in [-0.2, 0) is 0 Å². The van der Waals surface area contributed by atoms with E-state index in [0.29, 0.717) is 0 Å². The van der Waals surface area contributed by atoms with Gasteiger partial charge in [0.05, 0.1) is 39.1 Å². The second kappa shape index (κ2) is 27.0. The van der Waals surface area contributed by atoms with E-state index < -0.39 is 0 Å². The van der Waals surface area contributed by atoms with Crippen LogP contribution in [-0.4, -0.2) is 24.9 Å². The van der Waals surface area contributed by atoms with Crippen molar-refractivity contribution in [3.63, 3.8) is 0 Å². The Morgan fingerprint density at radius 3 is 0.890 bits per heavy atom. The molecule has 0 N–H and O–H groups in total. The van der Waals surface area contributed by atoms with Crippen molar-refractivity contribution < 1.29 is 0 Å². The van der Waals surface area contributed by atoms with Gasteiger partial charge in [-0.15, -0.1) is 0 Å². The molecule has 5 aromatic heterocycles. The zero-order valence-electron chi connectivity index (χ0n) is 54.6. The van der Waals surface area contributed by atoms with E-state index in [1.165, 1.54) is 55.6 Å². The number of benzene rings is 13. The third-order valence-corrected chi connectivity index (χ3v) is 19.0. The third kappa shape index (κ3) is 12.4. The largest absolute Gasteiger partial charge is 0.256 e. The number of hydrogen-bond donors (Lipinski definition) is 0. The molecule has 0 bridgehead atoms. The minimum atomic E-state index is 0.918. The van der Waals surface area contributed by atoms with Crippen LogP contribution in [0.4, 0.5) is 0 Å². The van der Waals surface area contributed by atoms with E-state index in [1.807, 2.05) is 61.1 Å². The number of rotatable bonds is 12. The fraction of sp³-hybridized carbons (Fsp3) is 0. The molecule has 5 heterocycles. The van der Waals surface area contributed by atoms with Gasteiger partial charge in [0.15, 0.2) is 0 Å². The van der Waals surface area contributed by atoms with Crippen LogP contribution in [0.2, 0.25) is 0 Å². The van der Waals surface area contributed by atoms with Gasteiger partial charge in [-0.05, 0) is 167 Å². The van der Waals surface area contributed by atoms with Crippen LogP contribution >= 0.6 is 0 Å². The molecule has 0 saturated heterocycles. The normalized spacial score (nSPS) is 11.2. The number of para-hydroxylation sites is 2. The van der Waals surface area contributed by atoms with Gasteiger partial charge >= 0.3 is 0 Å². The van der Waals surface area contributed by atoms with E-state index >= 15 is 0 Å². The van der Waals surface area contributed by atoms with E-state index in [1.54, 1.807) is 0 Å². The van der Waals surface area contributed by atoms with Crippen LogP contribution in [0.5, 0.6) is 0 Å². The minimum Gasteiger partial charge on any atom is -0.256 e. The molecule has 0 spiro atoms. The maximum Gasteiger partial charge on any atom is 0.0716 e. The van der Waals surface area contributed by atoms with E-state index in [-0.39, 0.29) is 0 Å². The van der Waals surface area contributed by atoms with Gasteiger partial charge in [-0.3, -0.25) is 15.0 Å². The van der Waals surface area contributed by atoms with E-state index in [9.17, 15) is 0 Å². The lowest BCUT2D eigenvalue weighted by Crippen LogP contribution is -1.93. The molecule has 0 saturated carbocycles. The van der Waals surface area contributed by atoms with Gasteiger partial charge in [0.1, 0.15) is 0 Å². The van der Waals surface area contributed by atoms with Crippen molar-refractivity contribution in [1.82, 2.24) is 24.9 Å². The van der Waals surface area contributed by atoms with E-state index in [0.717, 1.165) is 122 Å². The highest BCUT2D eigenvalue weighted by molar-refractivity contribution is 6.03. The van der Waals surface area contributed by atoms with Crippen molar-refractivity contribution in [2.75, 3.05) is 0 Å². The first-order valence-corrected chi connectivity index (χ1v) is 33.8. The topological polar surface area (TPSA) is 64.5 Å². The molecule has 0 aliphatic carbocycles. The van der Waals surface area contributed by atoms with Gasteiger partial charge in [-0.2, -0.15) is 0 Å². The molecular formula is C95H63N5. The van der Waals surface area contributed by atoms with E-state index in [2.05, 4.69) is 331 Å². The van der Waals surface area contributed by atoms with Crippen molar-refractivity contribution in [3.8, 4) is 134 Å². The monoisotopic (exact) mass is 1270 g/mol. The summed E-state index contributed by atoms with van der Waals surface area (Å²) in [6.45, 7) is 0. The Labute approximate surface area is 581 Å². The summed E-state index contributed by atoms with van der Waals surface area (Å²) in [6.07, 6.45) is 5.74. The maximum absolute atomic E-state index is 5.24. The predicted molar refractivity (Wildman–Crippen MR) is 417 cm³/mol. The van der Waals surface area contributed by atoms with E-state index in [4.69, 9.17) is 15.0 Å². The molecule has 0 aliphatic rings. The maximum atomic E-state index is 5.24. The molecule has 100 heavy (non-hydrogen) atoms. The smallest absolute Gasteiger partial charge is 0.0716 e. The Balaban J connectivity index is 0.000000150. The predicted octanol–water partition coefficient (Wildman–Crippen LogP) is 25.0. The van der Waals surface area contributed by atoms with Crippen LogP contribution in [0.3, 0.4) is 0 Å². The first kappa shape index (κ1) is 60.3. The lowest BCUT2D eigenvalue weighted by Gasteiger charge is -2.14. The van der Waals surface area contributed by atoms with Gasteiger partial charge in [0, 0.05) is 62.4 Å². The lowest BCUT2D eigenvalue weighted by atomic mass is 9.92. The molecule has 0 atom stereocenters. The highest BCUT2D eigenvalue weighted by Crippen LogP contribution is 2.41. The van der Waals surface area contributed by atoms with Crippen molar-refractivity contribution >= 4 is 43.6 Å². The number of hydrogen-bond acceptors (Lipinski definition) is 5. The minimum absolute atomic E-state index is 0.918. The third-order valence-electron chi connectivity index (χ3n) is 19.0. The van der Waals surface area contributed by atoms with Crippen molar-refractivity contribution in [1.29, 1.82) is 0 Å². The van der Waals surface area contributed by atoms with Crippen LogP contribution in [0.15, 0.2) is 383 Å². The van der Waals surface area contributed by atoms with Crippen LogP contribution < -0.4 is 0 Å². The van der Waals surface area contributed by atoms with Crippen LogP contribution in [0.25, 0.3) is 178 Å². The molecule has 13 aromatic carbocycles. The highest BCUT2D eigenvalue weighted by Gasteiger charge is 2.17. The summed E-state index contributed by atoms with van der Waals surface area (Å²) in [7, 11) is 0. The molecule has 18 aromatic rings. The summed E-state index contributed by atoms with van der Waals surface area (Å²) in [5, 5.41) is 4.44. The number of pyridine rings is 5. The van der Waals surface area contributed by atoms with Crippen molar-refractivity contribution in [3.05, 3.63) is 383 Å². The number of nitrogens with zero attached hydrogens (tertiary/aromatic N) is 5. The van der Waals surface area contributed by atoms with Crippen molar-refractivity contribution in [2.45, 2.75) is 0 Å². The first-order valence-electron chi connectivity index (χ1n) is 33.8. The molecule has 0 amide bonds. The van der Waals surface area contributed by atoms with Crippen molar-refractivity contribution in [2.24, 2.45) is 0 Å². The summed E-state index contributed by atoms with van der Waals surface area (Å²) in [5.74, 6) is 0. The fourth-order valence-corrected chi connectivity index (χ4v) is 13.7. The Hall–Kier alpha value is -13.4. The lowest BCUT2D eigenvalue weighted by molar-refractivity contribution is 1.32. The Morgan fingerprint density at radius 2 is 0.470 bits per heavy atom. The molecule has 0 fully saturated rings. The average molecular weight is 1270 g/mol. The Morgan fingerprint density at radius 1 is 0.150 bits per heavy atom. The molecule has 5 heteroatoms. The highest BCUT2D eigenvalue weighted by atomic mass is 14.7. The van der Waals surface area contributed by atoms with Gasteiger partial charge in [0.2, 0.25) is 0 Å². The summed E-state index contributed by atoms with van der Waals surface area (Å²) >= 11 is 0. The zero-order chi connectivity index (χ0) is 66.6. The zero-order valence-corrected chi connectivity index (χ0v) is 54.6. The van der Waals surface area contributed by atoms with Gasteiger partial charge in [-0.25, -0.2) is 9.97 Å². The molecule has 0 aliphatic heterocycles. The number of fused-ring (bicyclic) bond motifs is 4. The first-order chi connectivity index (χ1) is 49.5. The fourth-order valence-electron chi connectivity index (χ4n) is 13.7. The summed E-state index contributed by atoms with van der Waals surface area (Å²) < 4.78 is 0. The molecule has 18 rings (SSSR count). The quantitative estimate of drug-likeness (QED) is 0.122. The summed E-state index contributed by atoms with van der Waals surface area (Å²) in [6, 6.07) is 129. The molecular weight excluding hydrogens is 1210 g/mol. The van der Waals surface area contributed by atoms with Gasteiger partial charge in [0.25, 0.3) is 0 Å². The Bertz CT molecular complexity index is 5940. The molecule has 0 unspecified atom stereocenters. The molecule has 5 nitrogen and oxygen atoms in total. The SMILES string of the molecule is c1ccc(-c2ccc(-c3ccc4nc(-c5ccc(-c6ccccc6)cc5)cc(-c5ccc(-c6ccnc7ccccc67)nc5)c4c3)cc2)cc1.c1ccc(-c2ccc(-c3ccc4nc(-c5ccc(-c6ccccc6)cc5)cc(-c5cccc(-c6ccnc7ccccc67)c5)c4c3)cc2)cc1. The van der Waals surface area contributed by atoms with Crippen LogP contribution in [0, 0.1) is 0 Å². The van der Waals surface area contributed by atoms with Gasteiger partial charge < -0.3 is 0 Å². The standard InChI is InChI=1S/C48H32N2.C47H31N3/c1-3-10-33(11-4-1)35-18-20-37(21-19-35)39-26-27-47-45(31-39)44(32-48(50-47)38-24-22-36(23-25-38)34-12-5-2-6-13-34)41-15-9-14-40(30-41)42-28-29-49-46-17-8-7-16-43(42)46;1-3-9-32(10-4-1)34-15-17-36(18-16-34)38-23-26-46-43(29-38)42(30-47(50-46)37-21-19-35(20-22-37)33-11-5-2-6-12-33)39-24-25-45(49-31-39)41-27-28-48-44-14-8-7-13-40(41)44/h1-32H;1-31H. The van der Waals surface area contributed by atoms with Crippen LogP contribution in [0.1, 0.15) is 0 Å². The Kier molecular flexibility index (Phi) is 16.3.